The Hall–Kier alpha value is -2.47. The van der Waals surface area contributed by atoms with E-state index in [1.165, 1.54) is 42.7 Å². The van der Waals surface area contributed by atoms with Crippen molar-refractivity contribution in [1.29, 1.82) is 0 Å². The molecule has 4 nitrogen and oxygen atoms in total. The molecule has 6 heteroatoms. The molecular weight excluding hydrogens is 305 g/mol. The van der Waals surface area contributed by atoms with E-state index < -0.39 is 11.9 Å². The van der Waals surface area contributed by atoms with Crippen molar-refractivity contribution in [1.82, 2.24) is 0 Å². The van der Waals surface area contributed by atoms with Crippen molar-refractivity contribution in [3.8, 4) is 0 Å². The lowest BCUT2D eigenvalue weighted by Gasteiger charge is -2.02. The first-order valence-electron chi connectivity index (χ1n) is 6.43. The maximum atomic E-state index is 13.0. The summed E-state index contributed by atoms with van der Waals surface area (Å²) in [7, 11) is 1.28. The van der Waals surface area contributed by atoms with Gasteiger partial charge in [-0.2, -0.15) is 0 Å². The summed E-state index contributed by atoms with van der Waals surface area (Å²) < 4.78 is 17.7. The van der Waals surface area contributed by atoms with Gasteiger partial charge in [-0.05, 0) is 36.8 Å². The first-order chi connectivity index (χ1) is 10.5. The highest BCUT2D eigenvalue weighted by molar-refractivity contribution is 7.16. The number of benzene rings is 1. The van der Waals surface area contributed by atoms with Crippen molar-refractivity contribution in [2.45, 2.75) is 6.92 Å². The topological polar surface area (TPSA) is 55.4 Å². The van der Waals surface area contributed by atoms with Gasteiger partial charge in [-0.1, -0.05) is 12.1 Å². The smallest absolute Gasteiger partial charge is 0.340 e. The molecule has 0 unspecified atom stereocenters. The minimum Gasteiger partial charge on any atom is -0.465 e. The number of anilines is 1. The van der Waals surface area contributed by atoms with E-state index in [4.69, 9.17) is 0 Å². The number of carbonyl (C=O) groups is 2. The maximum Gasteiger partial charge on any atom is 0.340 e. The second kappa shape index (κ2) is 7.00. The molecule has 0 spiro atoms. The van der Waals surface area contributed by atoms with Crippen LogP contribution >= 0.6 is 11.3 Å². The maximum absolute atomic E-state index is 13.0. The summed E-state index contributed by atoms with van der Waals surface area (Å²) in [5, 5.41) is 3.06. The molecule has 1 aromatic heterocycles. The van der Waals surface area contributed by atoms with Gasteiger partial charge in [0.25, 0.3) is 0 Å². The molecule has 2 rings (SSSR count). The van der Waals surface area contributed by atoms with E-state index in [9.17, 15) is 14.0 Å². The third kappa shape index (κ3) is 4.02. The molecule has 1 heterocycles. The number of esters is 1. The Morgan fingerprint density at radius 2 is 2.09 bits per heavy atom. The van der Waals surface area contributed by atoms with Crippen LogP contribution in [-0.2, 0) is 9.53 Å². The van der Waals surface area contributed by atoms with Crippen molar-refractivity contribution < 1.29 is 18.7 Å². The fourth-order valence-corrected chi connectivity index (χ4v) is 2.71. The summed E-state index contributed by atoms with van der Waals surface area (Å²) in [5.74, 6) is -1.28. The molecule has 0 radical (unpaired) electrons. The van der Waals surface area contributed by atoms with Crippen LogP contribution in [0, 0.1) is 12.7 Å². The van der Waals surface area contributed by atoms with Crippen LogP contribution in [0.3, 0.4) is 0 Å². The van der Waals surface area contributed by atoms with E-state index in [2.05, 4.69) is 10.1 Å². The van der Waals surface area contributed by atoms with Gasteiger partial charge in [0.1, 0.15) is 10.8 Å². The van der Waals surface area contributed by atoms with E-state index in [0.29, 0.717) is 16.1 Å². The second-order valence-corrected chi connectivity index (χ2v) is 5.73. The molecule has 0 saturated heterocycles. The fraction of sp³-hybridized carbons (Fsp3) is 0.125. The third-order valence-electron chi connectivity index (χ3n) is 2.77. The van der Waals surface area contributed by atoms with Crippen LogP contribution in [0.2, 0.25) is 0 Å². The molecule has 1 N–H and O–H groups in total. The van der Waals surface area contributed by atoms with Gasteiger partial charge >= 0.3 is 5.97 Å². The molecular formula is C16H14FNO3S. The highest BCUT2D eigenvalue weighted by Gasteiger charge is 2.16. The molecule has 1 amide bonds. The van der Waals surface area contributed by atoms with Gasteiger partial charge in [-0.3, -0.25) is 4.79 Å². The van der Waals surface area contributed by atoms with Gasteiger partial charge in [0.15, 0.2) is 0 Å². The van der Waals surface area contributed by atoms with E-state index in [0.717, 1.165) is 4.88 Å². The summed E-state index contributed by atoms with van der Waals surface area (Å²) in [6.45, 7) is 1.83. The number of methoxy groups -OCH3 is 1. The van der Waals surface area contributed by atoms with E-state index in [-0.39, 0.29) is 5.82 Å². The molecule has 22 heavy (non-hydrogen) atoms. The Kier molecular flexibility index (Phi) is 5.06. The van der Waals surface area contributed by atoms with E-state index in [1.807, 2.05) is 6.92 Å². The molecule has 0 aliphatic rings. The number of hydrogen-bond acceptors (Lipinski definition) is 4. The van der Waals surface area contributed by atoms with Crippen molar-refractivity contribution in [2.24, 2.45) is 0 Å². The van der Waals surface area contributed by atoms with Crippen molar-refractivity contribution >= 4 is 34.3 Å². The molecule has 0 atom stereocenters. The van der Waals surface area contributed by atoms with Crippen LogP contribution in [0.25, 0.3) is 6.08 Å². The van der Waals surface area contributed by atoms with Gasteiger partial charge in [-0.15, -0.1) is 11.3 Å². The summed E-state index contributed by atoms with van der Waals surface area (Å²) in [4.78, 5) is 24.4. The first-order valence-corrected chi connectivity index (χ1v) is 7.24. The quantitative estimate of drug-likeness (QED) is 0.691. The fourth-order valence-electron chi connectivity index (χ4n) is 1.80. The van der Waals surface area contributed by atoms with Crippen LogP contribution in [-0.4, -0.2) is 19.0 Å². The van der Waals surface area contributed by atoms with Crippen LogP contribution < -0.4 is 5.32 Å². The highest BCUT2D eigenvalue weighted by Crippen LogP contribution is 2.28. The average Bonchev–Trinajstić information content (AvgIpc) is 2.85. The second-order valence-electron chi connectivity index (χ2n) is 4.47. The molecule has 0 aliphatic carbocycles. The molecule has 0 bridgehead atoms. The van der Waals surface area contributed by atoms with Gasteiger partial charge in [0, 0.05) is 11.0 Å². The summed E-state index contributed by atoms with van der Waals surface area (Å²) in [6, 6.07) is 7.54. The Labute approximate surface area is 131 Å². The van der Waals surface area contributed by atoms with Gasteiger partial charge in [0.2, 0.25) is 5.91 Å². The summed E-state index contributed by atoms with van der Waals surface area (Å²) in [6.07, 6.45) is 2.78. The monoisotopic (exact) mass is 319 g/mol. The Morgan fingerprint density at radius 1 is 1.32 bits per heavy atom. The highest BCUT2D eigenvalue weighted by atomic mass is 32.1. The number of aryl methyl sites for hydroxylation is 1. The van der Waals surface area contributed by atoms with Gasteiger partial charge in [0.05, 0.1) is 12.7 Å². The summed E-state index contributed by atoms with van der Waals surface area (Å²) in [5.41, 5.74) is 0.892. The largest absolute Gasteiger partial charge is 0.465 e. The Morgan fingerprint density at radius 3 is 2.77 bits per heavy atom. The summed E-state index contributed by atoms with van der Waals surface area (Å²) >= 11 is 1.28. The standard InChI is InChI=1S/C16H14FNO3S/c1-10-8-13(16(20)21-2)15(22-10)18-14(19)7-6-11-4-3-5-12(17)9-11/h3-9H,1-2H3,(H,18,19)/b7-6+. The molecule has 0 saturated carbocycles. The zero-order valence-corrected chi connectivity index (χ0v) is 12.9. The van der Waals surface area contributed by atoms with Crippen LogP contribution in [0.5, 0.6) is 0 Å². The zero-order chi connectivity index (χ0) is 16.1. The van der Waals surface area contributed by atoms with Crippen molar-refractivity contribution in [2.75, 3.05) is 12.4 Å². The predicted molar refractivity (Wildman–Crippen MR) is 84.5 cm³/mol. The Bertz CT molecular complexity index is 737. The number of nitrogens with one attached hydrogen (secondary N) is 1. The van der Waals surface area contributed by atoms with E-state index in [1.54, 1.807) is 18.2 Å². The zero-order valence-electron chi connectivity index (χ0n) is 12.1. The molecule has 0 fully saturated rings. The number of halogens is 1. The predicted octanol–water partition coefficient (Wildman–Crippen LogP) is 3.63. The normalized spacial score (nSPS) is 10.7. The SMILES string of the molecule is COC(=O)c1cc(C)sc1NC(=O)/C=C/c1cccc(F)c1. The van der Waals surface area contributed by atoms with Crippen LogP contribution in [0.4, 0.5) is 9.39 Å². The van der Waals surface area contributed by atoms with Gasteiger partial charge < -0.3 is 10.1 Å². The Balaban J connectivity index is 2.11. The number of ether oxygens (including phenoxy) is 1. The molecule has 2 aromatic rings. The lowest BCUT2D eigenvalue weighted by Crippen LogP contribution is -2.10. The number of carbonyl (C=O) groups excluding carboxylic acids is 2. The average molecular weight is 319 g/mol. The van der Waals surface area contributed by atoms with Crippen molar-refractivity contribution in [3.63, 3.8) is 0 Å². The minimum atomic E-state index is -0.506. The van der Waals surface area contributed by atoms with Gasteiger partial charge in [-0.25, -0.2) is 9.18 Å². The van der Waals surface area contributed by atoms with Crippen LogP contribution in [0.1, 0.15) is 20.8 Å². The third-order valence-corrected chi connectivity index (χ3v) is 3.74. The number of amides is 1. The first kappa shape index (κ1) is 15.9. The number of hydrogen-bond donors (Lipinski definition) is 1. The minimum absolute atomic E-state index is 0.317. The van der Waals surface area contributed by atoms with Crippen molar-refractivity contribution in [3.05, 3.63) is 58.2 Å². The van der Waals surface area contributed by atoms with E-state index >= 15 is 0 Å². The molecule has 0 aliphatic heterocycles. The lowest BCUT2D eigenvalue weighted by atomic mass is 10.2. The van der Waals surface area contributed by atoms with Crippen LogP contribution in [0.15, 0.2) is 36.4 Å². The molecule has 114 valence electrons. The molecule has 1 aromatic carbocycles. The lowest BCUT2D eigenvalue weighted by molar-refractivity contribution is -0.111. The number of thiophene rings is 1. The number of rotatable bonds is 4.